The van der Waals surface area contributed by atoms with Crippen LogP contribution in [0.2, 0.25) is 0 Å². The maximum Gasteiger partial charge on any atom is 0.416 e. The zero-order chi connectivity index (χ0) is 30.4. The van der Waals surface area contributed by atoms with Crippen molar-refractivity contribution in [2.45, 2.75) is 38.1 Å². The van der Waals surface area contributed by atoms with E-state index in [0.29, 0.717) is 17.8 Å². The number of benzene rings is 2. The highest BCUT2D eigenvalue weighted by Gasteiger charge is 2.30. The number of carbonyl (C=O) groups is 1. The molecule has 0 spiro atoms. The lowest BCUT2D eigenvalue weighted by molar-refractivity contribution is -0.137. The molecule has 0 unspecified atom stereocenters. The van der Waals surface area contributed by atoms with Gasteiger partial charge in [0, 0.05) is 75.9 Å². The zero-order valence-corrected chi connectivity index (χ0v) is 24.0. The van der Waals surface area contributed by atoms with Crippen molar-refractivity contribution >= 4 is 11.6 Å². The van der Waals surface area contributed by atoms with Gasteiger partial charge in [0.15, 0.2) is 0 Å². The van der Waals surface area contributed by atoms with Gasteiger partial charge in [-0.15, -0.1) is 0 Å². The summed E-state index contributed by atoms with van der Waals surface area (Å²) in [5, 5.41) is 12.1. The summed E-state index contributed by atoms with van der Waals surface area (Å²) in [6.07, 6.45) is -0.912. The molecule has 3 aromatic rings. The number of rotatable bonds is 8. The first-order valence-corrected chi connectivity index (χ1v) is 14.5. The van der Waals surface area contributed by atoms with Crippen molar-refractivity contribution in [2.24, 2.45) is 0 Å². The monoisotopic (exact) mass is 588 g/mol. The second kappa shape index (κ2) is 13.4. The molecule has 5 rings (SSSR count). The fourth-order valence-electron chi connectivity index (χ4n) is 5.55. The highest BCUT2D eigenvalue weighted by Crippen LogP contribution is 2.29. The molecule has 0 radical (unpaired) electrons. The van der Waals surface area contributed by atoms with Crippen LogP contribution in [0.25, 0.3) is 5.70 Å². The van der Waals surface area contributed by atoms with Crippen LogP contribution in [0.5, 0.6) is 0 Å². The normalized spacial score (nSPS) is 16.9. The van der Waals surface area contributed by atoms with Crippen LogP contribution in [-0.4, -0.2) is 70.9 Å². The first-order chi connectivity index (χ1) is 20.7. The number of pyridine rings is 1. The maximum atomic E-state index is 12.9. The van der Waals surface area contributed by atoms with Crippen molar-refractivity contribution in [3.8, 4) is 6.07 Å². The molecule has 7 nitrogen and oxygen atoms in total. The quantitative estimate of drug-likeness (QED) is 0.392. The smallest absolute Gasteiger partial charge is 0.369 e. The molecular weight excluding hydrogens is 553 g/mol. The minimum Gasteiger partial charge on any atom is -0.369 e. The van der Waals surface area contributed by atoms with E-state index in [1.807, 2.05) is 30.3 Å². The molecule has 1 N–H and O–H groups in total. The van der Waals surface area contributed by atoms with Crippen molar-refractivity contribution in [1.82, 2.24) is 25.0 Å². The summed E-state index contributed by atoms with van der Waals surface area (Å²) < 4.78 is 38.5. The van der Waals surface area contributed by atoms with Gasteiger partial charge in [-0.2, -0.15) is 18.4 Å². The summed E-state index contributed by atoms with van der Waals surface area (Å²) >= 11 is 0. The molecule has 0 atom stereocenters. The van der Waals surface area contributed by atoms with E-state index >= 15 is 0 Å². The van der Waals surface area contributed by atoms with Crippen LogP contribution in [0.4, 0.5) is 13.2 Å². The van der Waals surface area contributed by atoms with Crippen molar-refractivity contribution in [2.75, 3.05) is 39.3 Å². The molecular formula is C33H35F3N6O. The molecule has 224 valence electrons. The number of piperazine rings is 1. The molecule has 2 fully saturated rings. The molecule has 1 aromatic heterocycles. The number of likely N-dealkylation sites (tertiary alicyclic amines) is 1. The summed E-state index contributed by atoms with van der Waals surface area (Å²) in [6, 6.07) is 18.9. The second-order valence-electron chi connectivity index (χ2n) is 11.2. The fraction of sp³-hybridized carbons (Fsp3) is 0.364. The van der Waals surface area contributed by atoms with Crippen molar-refractivity contribution in [3.63, 3.8) is 0 Å². The SMILES string of the molecule is C=C(c1ccc(C(=O)NC2CCN(Cc3ccc(C#N)cc3)CC2)nc1)N1CCN(Cc2ccc(C(F)(F)F)cc2)CC1. The average Bonchev–Trinajstić information content (AvgIpc) is 3.02. The van der Waals surface area contributed by atoms with Crippen LogP contribution in [0.3, 0.4) is 0 Å². The number of alkyl halides is 3. The highest BCUT2D eigenvalue weighted by atomic mass is 19.4. The van der Waals surface area contributed by atoms with Gasteiger partial charge in [0.05, 0.1) is 17.2 Å². The lowest BCUT2D eigenvalue weighted by Gasteiger charge is -2.37. The largest absolute Gasteiger partial charge is 0.416 e. The molecule has 0 bridgehead atoms. The summed E-state index contributed by atoms with van der Waals surface area (Å²) in [6.45, 7) is 10.4. The van der Waals surface area contributed by atoms with Gasteiger partial charge in [-0.3, -0.25) is 19.6 Å². The Morgan fingerprint density at radius 1 is 0.884 bits per heavy atom. The Labute approximate surface area is 250 Å². The molecule has 10 heteroatoms. The van der Waals surface area contributed by atoms with E-state index < -0.39 is 11.7 Å². The van der Waals surface area contributed by atoms with Crippen molar-refractivity contribution in [3.05, 3.63) is 107 Å². The van der Waals surface area contributed by atoms with Crippen LogP contribution in [0.15, 0.2) is 73.4 Å². The first-order valence-electron chi connectivity index (χ1n) is 14.5. The Morgan fingerprint density at radius 3 is 2.00 bits per heavy atom. The van der Waals surface area contributed by atoms with Crippen LogP contribution in [-0.2, 0) is 19.3 Å². The highest BCUT2D eigenvalue weighted by molar-refractivity contribution is 5.92. The summed E-state index contributed by atoms with van der Waals surface area (Å²) in [5.74, 6) is -0.181. The maximum absolute atomic E-state index is 12.9. The Kier molecular flexibility index (Phi) is 9.43. The van der Waals surface area contributed by atoms with E-state index in [0.717, 1.165) is 87.6 Å². The molecule has 0 saturated carbocycles. The number of carbonyl (C=O) groups excluding carboxylic acids is 1. The van der Waals surface area contributed by atoms with Crippen LogP contribution >= 0.6 is 0 Å². The first kappa shape index (κ1) is 30.3. The van der Waals surface area contributed by atoms with Gasteiger partial charge in [0.1, 0.15) is 5.69 Å². The van der Waals surface area contributed by atoms with Gasteiger partial charge >= 0.3 is 6.18 Å². The topological polar surface area (TPSA) is 75.5 Å². The Bertz CT molecular complexity index is 1430. The van der Waals surface area contributed by atoms with Crippen molar-refractivity contribution < 1.29 is 18.0 Å². The summed E-state index contributed by atoms with van der Waals surface area (Å²) in [5.41, 5.74) is 4.11. The molecule has 2 aliphatic rings. The zero-order valence-electron chi connectivity index (χ0n) is 24.0. The Hall–Kier alpha value is -4.20. The van der Waals surface area contributed by atoms with Gasteiger partial charge < -0.3 is 10.2 Å². The van der Waals surface area contributed by atoms with Gasteiger partial charge in [0.25, 0.3) is 5.91 Å². The lowest BCUT2D eigenvalue weighted by Crippen LogP contribution is -2.45. The van der Waals surface area contributed by atoms with E-state index in [2.05, 4.69) is 37.6 Å². The predicted molar refractivity (Wildman–Crippen MR) is 158 cm³/mol. The van der Waals surface area contributed by atoms with Crippen LogP contribution < -0.4 is 5.32 Å². The van der Waals surface area contributed by atoms with E-state index in [1.54, 1.807) is 24.4 Å². The molecule has 0 aliphatic carbocycles. The second-order valence-corrected chi connectivity index (χ2v) is 11.2. The standard InChI is InChI=1S/C33H35F3N6O/c1-24(42-18-16-41(17-19-42)23-27-6-9-29(10-7-27)33(34,35)36)28-8-11-31(38-21-28)32(43)39-30-12-14-40(15-13-30)22-26-4-2-25(20-37)3-5-26/h2-11,21,30H,1,12-19,22-23H2,(H,39,43). The molecule has 2 saturated heterocycles. The summed E-state index contributed by atoms with van der Waals surface area (Å²) in [4.78, 5) is 24.0. The van der Waals surface area contributed by atoms with E-state index in [4.69, 9.17) is 5.26 Å². The molecule has 3 heterocycles. The Balaban J connectivity index is 1.04. The number of nitriles is 1. The van der Waals surface area contributed by atoms with Crippen LogP contribution in [0, 0.1) is 11.3 Å². The minimum atomic E-state index is -4.32. The lowest BCUT2D eigenvalue weighted by atomic mass is 10.0. The summed E-state index contributed by atoms with van der Waals surface area (Å²) in [7, 11) is 0. The number of aromatic nitrogens is 1. The number of nitrogens with zero attached hydrogens (tertiary/aromatic N) is 5. The molecule has 1 amide bonds. The van der Waals surface area contributed by atoms with E-state index in [9.17, 15) is 18.0 Å². The van der Waals surface area contributed by atoms with Gasteiger partial charge in [0.2, 0.25) is 0 Å². The third-order valence-electron chi connectivity index (χ3n) is 8.18. The number of hydrogen-bond donors (Lipinski definition) is 1. The molecule has 2 aliphatic heterocycles. The number of nitrogens with one attached hydrogen (secondary N) is 1. The average molecular weight is 589 g/mol. The van der Waals surface area contributed by atoms with E-state index in [-0.39, 0.29) is 11.9 Å². The minimum absolute atomic E-state index is 0.0972. The van der Waals surface area contributed by atoms with E-state index in [1.165, 1.54) is 5.56 Å². The molecule has 2 aromatic carbocycles. The van der Waals surface area contributed by atoms with Gasteiger partial charge in [-0.1, -0.05) is 30.8 Å². The third kappa shape index (κ3) is 8.00. The number of piperidine rings is 1. The third-order valence-corrected chi connectivity index (χ3v) is 8.18. The van der Waals surface area contributed by atoms with Gasteiger partial charge in [-0.25, -0.2) is 0 Å². The number of halogens is 3. The molecule has 43 heavy (non-hydrogen) atoms. The number of hydrogen-bond acceptors (Lipinski definition) is 6. The Morgan fingerprint density at radius 2 is 1.47 bits per heavy atom. The van der Waals surface area contributed by atoms with Crippen molar-refractivity contribution in [1.29, 1.82) is 5.26 Å². The van der Waals surface area contributed by atoms with Crippen LogP contribution in [0.1, 0.15) is 51.1 Å². The fourth-order valence-corrected chi connectivity index (χ4v) is 5.55. The van der Waals surface area contributed by atoms with Gasteiger partial charge in [-0.05, 0) is 60.4 Å². The number of amides is 1. The predicted octanol–water partition coefficient (Wildman–Crippen LogP) is 5.15.